The summed E-state index contributed by atoms with van der Waals surface area (Å²) in [7, 11) is -3.74. The van der Waals surface area contributed by atoms with Crippen molar-refractivity contribution in [1.29, 1.82) is 0 Å². The van der Waals surface area contributed by atoms with E-state index in [4.69, 9.17) is 11.5 Å². The zero-order chi connectivity index (χ0) is 13.9. The number of nitrogens with two attached hydrogens (primary N) is 2. The molecule has 1 atom stereocenters. The fourth-order valence-electron chi connectivity index (χ4n) is 1.58. The zero-order valence-corrected chi connectivity index (χ0v) is 11.1. The highest BCUT2D eigenvalue weighted by Crippen LogP contribution is 2.19. The molecule has 7 heteroatoms. The first-order valence-corrected chi connectivity index (χ1v) is 6.87. The van der Waals surface area contributed by atoms with Crippen molar-refractivity contribution < 1.29 is 13.2 Å². The van der Waals surface area contributed by atoms with Crippen molar-refractivity contribution in [2.24, 2.45) is 5.73 Å². The van der Waals surface area contributed by atoms with Crippen LogP contribution in [0.3, 0.4) is 0 Å². The van der Waals surface area contributed by atoms with Crippen LogP contribution in [0.2, 0.25) is 0 Å². The second-order valence-electron chi connectivity index (χ2n) is 4.23. The number of anilines is 1. The molecule has 5 N–H and O–H groups in total. The third-order valence-electron chi connectivity index (χ3n) is 2.32. The highest BCUT2D eigenvalue weighted by Gasteiger charge is 2.20. The Bertz CT molecular complexity index is 555. The molecule has 0 spiro atoms. The molecule has 1 amide bonds. The van der Waals surface area contributed by atoms with Crippen LogP contribution in [-0.4, -0.2) is 20.4 Å². The first kappa shape index (κ1) is 14.5. The smallest absolute Gasteiger partial charge is 0.242 e. The van der Waals surface area contributed by atoms with Gasteiger partial charge in [-0.25, -0.2) is 13.1 Å². The van der Waals surface area contributed by atoms with Crippen LogP contribution >= 0.6 is 0 Å². The Hall–Kier alpha value is -1.60. The Morgan fingerprint density at radius 1 is 1.44 bits per heavy atom. The molecule has 1 unspecified atom stereocenters. The molecule has 0 saturated carbocycles. The van der Waals surface area contributed by atoms with Crippen molar-refractivity contribution in [3.8, 4) is 0 Å². The van der Waals surface area contributed by atoms with Crippen molar-refractivity contribution in [3.63, 3.8) is 0 Å². The number of nitrogen functional groups attached to an aromatic ring is 1. The van der Waals surface area contributed by atoms with Gasteiger partial charge in [0.2, 0.25) is 15.9 Å². The summed E-state index contributed by atoms with van der Waals surface area (Å²) in [4.78, 5) is 10.7. The first-order valence-electron chi connectivity index (χ1n) is 5.39. The lowest BCUT2D eigenvalue weighted by molar-refractivity contribution is -0.118. The van der Waals surface area contributed by atoms with E-state index in [1.807, 2.05) is 6.92 Å². The highest BCUT2D eigenvalue weighted by molar-refractivity contribution is 7.89. The van der Waals surface area contributed by atoms with Crippen LogP contribution in [0, 0.1) is 6.92 Å². The quantitative estimate of drug-likeness (QED) is 0.659. The monoisotopic (exact) mass is 271 g/mol. The Kier molecular flexibility index (Phi) is 4.31. The van der Waals surface area contributed by atoms with Gasteiger partial charge >= 0.3 is 0 Å². The molecule has 0 heterocycles. The third-order valence-corrected chi connectivity index (χ3v) is 3.98. The number of carbonyl (C=O) groups is 1. The van der Waals surface area contributed by atoms with Crippen molar-refractivity contribution in [3.05, 3.63) is 23.8 Å². The summed E-state index contributed by atoms with van der Waals surface area (Å²) in [5, 5.41) is 0. The minimum atomic E-state index is -3.74. The first-order chi connectivity index (χ1) is 8.22. The second kappa shape index (κ2) is 5.36. The molecular weight excluding hydrogens is 254 g/mol. The molecule has 1 rings (SSSR count). The molecule has 0 aliphatic rings. The summed E-state index contributed by atoms with van der Waals surface area (Å²) in [6, 6.07) is 4.09. The average Bonchev–Trinajstić information content (AvgIpc) is 2.13. The standard InChI is InChI=1S/C11H17N3O3S/c1-7-3-4-10(9(12)5-7)18(16,17)14-8(2)6-11(13)15/h3-5,8,14H,6,12H2,1-2H3,(H2,13,15). The Labute approximate surface area is 106 Å². The second-order valence-corrected chi connectivity index (χ2v) is 5.92. The molecule has 0 aromatic heterocycles. The lowest BCUT2D eigenvalue weighted by Gasteiger charge is -2.14. The minimum Gasteiger partial charge on any atom is -0.398 e. The number of benzene rings is 1. The lowest BCUT2D eigenvalue weighted by atomic mass is 10.2. The molecular formula is C11H17N3O3S. The number of aryl methyl sites for hydroxylation is 1. The van der Waals surface area contributed by atoms with E-state index in [0.717, 1.165) is 5.56 Å². The number of hydrogen-bond donors (Lipinski definition) is 3. The van der Waals surface area contributed by atoms with Gasteiger partial charge < -0.3 is 11.5 Å². The van der Waals surface area contributed by atoms with Gasteiger partial charge in [-0.3, -0.25) is 4.79 Å². The Morgan fingerprint density at radius 3 is 2.56 bits per heavy atom. The number of rotatable bonds is 5. The summed E-state index contributed by atoms with van der Waals surface area (Å²) in [6.45, 7) is 3.38. The molecule has 1 aromatic rings. The van der Waals surface area contributed by atoms with Gasteiger partial charge in [-0.1, -0.05) is 6.07 Å². The molecule has 18 heavy (non-hydrogen) atoms. The molecule has 0 aliphatic heterocycles. The van der Waals surface area contributed by atoms with Crippen molar-refractivity contribution in [1.82, 2.24) is 4.72 Å². The summed E-state index contributed by atoms with van der Waals surface area (Å²) in [5.41, 5.74) is 11.7. The van der Waals surface area contributed by atoms with Crippen LogP contribution in [0.25, 0.3) is 0 Å². The summed E-state index contributed by atoms with van der Waals surface area (Å²) in [6.07, 6.45) is -0.0645. The number of amides is 1. The predicted octanol–water partition coefficient (Wildman–Crippen LogP) is 0.119. The largest absolute Gasteiger partial charge is 0.398 e. The molecule has 0 bridgehead atoms. The van der Waals surface area contributed by atoms with E-state index >= 15 is 0 Å². The van der Waals surface area contributed by atoms with Gasteiger partial charge in [-0.2, -0.15) is 0 Å². The fraction of sp³-hybridized carbons (Fsp3) is 0.364. The van der Waals surface area contributed by atoms with Crippen molar-refractivity contribution >= 4 is 21.6 Å². The number of primary amides is 1. The number of hydrogen-bond acceptors (Lipinski definition) is 4. The zero-order valence-electron chi connectivity index (χ0n) is 10.3. The summed E-state index contributed by atoms with van der Waals surface area (Å²) in [5.74, 6) is -0.568. The van der Waals surface area contributed by atoms with Crippen LogP contribution in [0.1, 0.15) is 18.9 Å². The van der Waals surface area contributed by atoms with E-state index in [1.54, 1.807) is 19.1 Å². The van der Waals surface area contributed by atoms with E-state index in [-0.39, 0.29) is 17.0 Å². The Morgan fingerprint density at radius 2 is 2.06 bits per heavy atom. The normalized spacial score (nSPS) is 13.2. The molecule has 0 fully saturated rings. The maximum Gasteiger partial charge on any atom is 0.242 e. The van der Waals surface area contributed by atoms with E-state index in [1.165, 1.54) is 6.07 Å². The summed E-state index contributed by atoms with van der Waals surface area (Å²) >= 11 is 0. The lowest BCUT2D eigenvalue weighted by Crippen LogP contribution is -2.36. The van der Waals surface area contributed by atoms with Gasteiger partial charge in [0, 0.05) is 12.5 Å². The van der Waals surface area contributed by atoms with Crippen LogP contribution in [0.5, 0.6) is 0 Å². The number of nitrogens with one attached hydrogen (secondary N) is 1. The maximum atomic E-state index is 12.0. The SMILES string of the molecule is Cc1ccc(S(=O)(=O)NC(C)CC(N)=O)c(N)c1. The Balaban J connectivity index is 2.96. The molecule has 0 saturated heterocycles. The molecule has 100 valence electrons. The maximum absolute atomic E-state index is 12.0. The van der Waals surface area contributed by atoms with Gasteiger partial charge in [-0.15, -0.1) is 0 Å². The van der Waals surface area contributed by atoms with Crippen molar-refractivity contribution in [2.45, 2.75) is 31.2 Å². The molecule has 0 aliphatic carbocycles. The van der Waals surface area contributed by atoms with Gasteiger partial charge in [0.25, 0.3) is 0 Å². The fourth-order valence-corrected chi connectivity index (χ4v) is 2.94. The van der Waals surface area contributed by atoms with E-state index in [9.17, 15) is 13.2 Å². The van der Waals surface area contributed by atoms with Gasteiger partial charge in [0.05, 0.1) is 5.69 Å². The number of sulfonamides is 1. The van der Waals surface area contributed by atoms with E-state index in [2.05, 4.69) is 4.72 Å². The van der Waals surface area contributed by atoms with Crippen LogP contribution in [0.4, 0.5) is 5.69 Å². The number of carbonyl (C=O) groups excluding carboxylic acids is 1. The van der Waals surface area contributed by atoms with Crippen LogP contribution in [-0.2, 0) is 14.8 Å². The summed E-state index contributed by atoms with van der Waals surface area (Å²) < 4.78 is 26.4. The van der Waals surface area contributed by atoms with Gasteiger partial charge in [0.1, 0.15) is 4.90 Å². The molecule has 0 radical (unpaired) electrons. The van der Waals surface area contributed by atoms with Crippen molar-refractivity contribution in [2.75, 3.05) is 5.73 Å². The van der Waals surface area contributed by atoms with Crippen LogP contribution in [0.15, 0.2) is 23.1 Å². The minimum absolute atomic E-state index is 0.00409. The van der Waals surface area contributed by atoms with Gasteiger partial charge in [-0.05, 0) is 31.5 Å². The predicted molar refractivity (Wildman–Crippen MR) is 69.2 cm³/mol. The molecule has 6 nitrogen and oxygen atoms in total. The average molecular weight is 271 g/mol. The topological polar surface area (TPSA) is 115 Å². The highest BCUT2D eigenvalue weighted by atomic mass is 32.2. The van der Waals surface area contributed by atoms with E-state index < -0.39 is 22.0 Å². The molecule has 1 aromatic carbocycles. The van der Waals surface area contributed by atoms with Gasteiger partial charge in [0.15, 0.2) is 0 Å². The van der Waals surface area contributed by atoms with E-state index in [0.29, 0.717) is 0 Å². The van der Waals surface area contributed by atoms with Crippen LogP contribution < -0.4 is 16.2 Å². The third kappa shape index (κ3) is 3.71.